The van der Waals surface area contributed by atoms with Gasteiger partial charge in [-0.1, -0.05) is 21.9 Å². The molecule has 0 aliphatic carbocycles. The fourth-order valence-corrected chi connectivity index (χ4v) is 2.25. The summed E-state index contributed by atoms with van der Waals surface area (Å²) >= 11 is 3.01. The summed E-state index contributed by atoms with van der Waals surface area (Å²) in [6.45, 7) is 1.56. The highest BCUT2D eigenvalue weighted by atomic mass is 79.9. The van der Waals surface area contributed by atoms with E-state index in [1.165, 1.54) is 12.1 Å². The van der Waals surface area contributed by atoms with Crippen LogP contribution in [0.25, 0.3) is 0 Å². The molecular formula is C23H30BrFN6O10. The van der Waals surface area contributed by atoms with Gasteiger partial charge < -0.3 is 20.8 Å². The Bertz CT molecular complexity index is 1150. The number of nitro groups is 4. The maximum atomic E-state index is 10.6. The topological polar surface area (TPSA) is 237 Å². The number of aliphatic hydroxyl groups excluding tert-OH is 2. The molecule has 0 atom stereocenters. The van der Waals surface area contributed by atoms with Gasteiger partial charge in [0, 0.05) is 26.6 Å². The van der Waals surface area contributed by atoms with Crippen molar-refractivity contribution >= 4 is 50.1 Å². The van der Waals surface area contributed by atoms with E-state index in [0.29, 0.717) is 5.33 Å². The quantitative estimate of drug-likeness (QED) is 0.122. The van der Waals surface area contributed by atoms with E-state index in [1.807, 2.05) is 0 Å². The van der Waals surface area contributed by atoms with Crippen LogP contribution >= 0.6 is 15.9 Å². The predicted molar refractivity (Wildman–Crippen MR) is 157 cm³/mol. The third-order valence-electron chi connectivity index (χ3n) is 3.71. The van der Waals surface area contributed by atoms with Crippen LogP contribution in [-0.2, 0) is 0 Å². The monoisotopic (exact) mass is 649 g/mol. The fraction of sp³-hybridized carbons (Fsp3) is 0.304. The molecule has 0 aromatic heterocycles. The lowest BCUT2D eigenvalue weighted by molar-refractivity contribution is -0.393. The van der Waals surface area contributed by atoms with Crippen LogP contribution in [0.15, 0.2) is 36.4 Å². The molecule has 41 heavy (non-hydrogen) atoms. The summed E-state index contributed by atoms with van der Waals surface area (Å²) in [6.07, 6.45) is 9.33. The molecule has 2 aromatic carbocycles. The molecule has 0 aliphatic heterocycles. The highest BCUT2D eigenvalue weighted by Gasteiger charge is 2.19. The summed E-state index contributed by atoms with van der Waals surface area (Å²) in [6, 6.07) is 6.55. The van der Waals surface area contributed by atoms with Crippen molar-refractivity contribution in [2.45, 2.75) is 6.92 Å². The molecule has 0 fully saturated rings. The van der Waals surface area contributed by atoms with Gasteiger partial charge in [0.2, 0.25) is 0 Å². The molecular weight excluding hydrogens is 619 g/mol. The molecule has 2 aromatic rings. The molecule has 0 saturated heterocycles. The molecule has 226 valence electrons. The van der Waals surface area contributed by atoms with Crippen molar-refractivity contribution in [1.29, 1.82) is 0 Å². The molecule has 18 heteroatoms. The minimum atomic E-state index is -1.00. The van der Waals surface area contributed by atoms with E-state index in [-0.39, 0.29) is 61.9 Å². The number of halogens is 2. The van der Waals surface area contributed by atoms with E-state index in [2.05, 4.69) is 44.8 Å². The third-order valence-corrected chi connectivity index (χ3v) is 4.03. The fourth-order valence-electron chi connectivity index (χ4n) is 2.25. The van der Waals surface area contributed by atoms with Crippen molar-refractivity contribution in [2.75, 3.05) is 49.4 Å². The Morgan fingerprint density at radius 3 is 1.37 bits per heavy atom. The third kappa shape index (κ3) is 18.1. The number of anilines is 2. The van der Waals surface area contributed by atoms with Crippen LogP contribution in [0.5, 0.6) is 0 Å². The average molecular weight is 650 g/mol. The molecule has 4 N–H and O–H groups in total. The predicted octanol–water partition coefficient (Wildman–Crippen LogP) is 4.30. The Morgan fingerprint density at radius 1 is 0.878 bits per heavy atom. The first-order valence-electron chi connectivity index (χ1n) is 11.3. The van der Waals surface area contributed by atoms with Gasteiger partial charge in [-0.15, -0.1) is 18.8 Å². The molecule has 0 heterocycles. The number of nitro benzene ring substituents is 4. The number of nitrogens with one attached hydrogen (secondary N) is 2. The van der Waals surface area contributed by atoms with Gasteiger partial charge in [-0.05, 0) is 19.1 Å². The smallest absolute Gasteiger partial charge is 0.299 e. The number of benzene rings is 2. The Balaban J connectivity index is -0.000000266. The highest BCUT2D eigenvalue weighted by molar-refractivity contribution is 9.09. The maximum Gasteiger partial charge on any atom is 0.299 e. The van der Waals surface area contributed by atoms with Gasteiger partial charge in [-0.3, -0.25) is 44.8 Å². The Morgan fingerprint density at radius 2 is 1.17 bits per heavy atom. The average Bonchev–Trinajstić information content (AvgIpc) is 2.95. The van der Waals surface area contributed by atoms with Crippen molar-refractivity contribution in [3.05, 3.63) is 76.9 Å². The normalized spacial score (nSPS) is 8.80. The molecule has 0 amide bonds. The van der Waals surface area contributed by atoms with Crippen LogP contribution < -0.4 is 10.6 Å². The second-order valence-electron chi connectivity index (χ2n) is 6.36. The molecule has 2 rings (SSSR count). The lowest BCUT2D eigenvalue weighted by atomic mass is 10.2. The molecule has 0 aliphatic rings. The van der Waals surface area contributed by atoms with Crippen molar-refractivity contribution in [3.63, 3.8) is 0 Å². The van der Waals surface area contributed by atoms with Crippen molar-refractivity contribution in [3.8, 4) is 24.7 Å². The first-order chi connectivity index (χ1) is 19.9. The minimum Gasteiger partial charge on any atom is -0.395 e. The number of nitrogens with zero attached hydrogens (tertiary/aromatic N) is 4. The van der Waals surface area contributed by atoms with E-state index in [9.17, 15) is 44.8 Å². The molecule has 0 radical (unpaired) electrons. The second-order valence-corrected chi connectivity index (χ2v) is 6.92. The number of aliphatic hydroxyl groups is 2. The first kappa shape index (κ1) is 38.2. The minimum absolute atomic E-state index is 0. The SMILES string of the molecule is C#CC.C#CCBr.O=[N+]([O-])c1ccc(NCCO)c([N+](=O)[O-])c1.O=[N+]([O-])c1ccc(NCCO)c([N+](=O)[O-])c1.[2H]CF.[HH]. The van der Waals surface area contributed by atoms with Crippen LogP contribution in [0.2, 0.25) is 0 Å². The molecule has 0 unspecified atom stereocenters. The van der Waals surface area contributed by atoms with Gasteiger partial charge in [-0.2, -0.15) is 0 Å². The summed E-state index contributed by atoms with van der Waals surface area (Å²) in [5.41, 5.74) is -1.18. The van der Waals surface area contributed by atoms with E-state index in [0.717, 1.165) is 24.3 Å². The van der Waals surface area contributed by atoms with Crippen LogP contribution in [0.3, 0.4) is 0 Å². The van der Waals surface area contributed by atoms with Gasteiger partial charge in [-0.25, -0.2) is 0 Å². The standard InChI is InChI=1S/2C8H9N3O5.C3H3Br.C3H4.CH3F.H2/c2*12-4-3-9-7-2-1-6(10(13)14)5-8(7)11(15)16;1-2-3-4;1-3-2;1-2;/h2*1-2,5,9,12H,3-4H2;1H,3H2;1H,2H3;1H3;1H/i;;;;1D;. The van der Waals surface area contributed by atoms with E-state index in [4.69, 9.17) is 18.0 Å². The summed E-state index contributed by atoms with van der Waals surface area (Å²) in [4.78, 5) is 39.3. The second kappa shape index (κ2) is 25.4. The number of non-ortho nitro benzene ring substituents is 2. The lowest BCUT2D eigenvalue weighted by Gasteiger charge is -2.04. The molecule has 0 saturated carbocycles. The van der Waals surface area contributed by atoms with Crippen LogP contribution in [0, 0.1) is 65.1 Å². The van der Waals surface area contributed by atoms with Crippen LogP contribution in [0.4, 0.5) is 38.5 Å². The van der Waals surface area contributed by atoms with Gasteiger partial charge >= 0.3 is 0 Å². The van der Waals surface area contributed by atoms with Gasteiger partial charge in [0.05, 0.1) is 58.9 Å². The Labute approximate surface area is 245 Å². The van der Waals surface area contributed by atoms with E-state index in [1.54, 1.807) is 6.92 Å². The largest absolute Gasteiger partial charge is 0.395 e. The van der Waals surface area contributed by atoms with Gasteiger partial charge in [0.15, 0.2) is 0 Å². The lowest BCUT2D eigenvalue weighted by Crippen LogP contribution is -2.07. The first-order valence-corrected chi connectivity index (χ1v) is 11.8. The molecule has 0 bridgehead atoms. The zero-order chi connectivity index (χ0) is 33.1. The number of terminal acetylenes is 2. The van der Waals surface area contributed by atoms with Crippen molar-refractivity contribution in [2.24, 2.45) is 0 Å². The number of alkyl halides is 2. The summed E-state index contributed by atoms with van der Waals surface area (Å²) < 4.78 is 15.5. The highest BCUT2D eigenvalue weighted by Crippen LogP contribution is 2.29. The number of rotatable bonds is 10. The number of hydrogen-bond acceptors (Lipinski definition) is 12. The zero-order valence-electron chi connectivity index (χ0n) is 22.6. The van der Waals surface area contributed by atoms with E-state index >= 15 is 0 Å². The van der Waals surface area contributed by atoms with Crippen LogP contribution in [-0.4, -0.2) is 68.7 Å². The number of hydrogen-bond donors (Lipinski definition) is 4. The van der Waals surface area contributed by atoms with Crippen molar-refractivity contribution < 1.29 is 37.1 Å². The van der Waals surface area contributed by atoms with Gasteiger partial charge in [0.1, 0.15) is 11.4 Å². The Kier molecular flexibility index (Phi) is 23.7. The summed E-state index contributed by atoms with van der Waals surface area (Å²) in [5, 5.41) is 65.1. The van der Waals surface area contributed by atoms with E-state index < -0.39 is 26.8 Å². The zero-order valence-corrected chi connectivity index (χ0v) is 23.2. The van der Waals surface area contributed by atoms with Crippen LogP contribution in [0.1, 0.15) is 9.72 Å². The molecule has 16 nitrogen and oxygen atoms in total. The Hall–Kier alpha value is -4.91. The summed E-state index contributed by atoms with van der Waals surface area (Å²) in [5.74, 6) is 4.60. The summed E-state index contributed by atoms with van der Waals surface area (Å²) in [7, 11) is -1.00. The van der Waals surface area contributed by atoms with Crippen molar-refractivity contribution in [1.82, 2.24) is 0 Å². The molecule has 0 spiro atoms. The van der Waals surface area contributed by atoms with Gasteiger partial charge in [0.25, 0.3) is 22.7 Å². The maximum absolute atomic E-state index is 10.6.